The summed E-state index contributed by atoms with van der Waals surface area (Å²) in [7, 11) is 0. The molecular formula is C12H23ArY-. The minimum atomic E-state index is 0. The molecule has 14 heavy (non-hydrogen) atoms. The molecule has 0 aliphatic carbocycles. The Hall–Kier alpha value is 1.58. The van der Waals surface area contributed by atoms with Crippen LogP contribution in [-0.2, 0) is 32.7 Å². The molecule has 0 bridgehead atoms. The van der Waals surface area contributed by atoms with E-state index in [2.05, 4.69) is 19.9 Å². The smallest absolute Gasteiger partial charge is 0 e. The molecule has 0 saturated heterocycles. The van der Waals surface area contributed by atoms with Crippen LogP contribution in [0.5, 0.6) is 0 Å². The summed E-state index contributed by atoms with van der Waals surface area (Å²) in [6.07, 6.45) is 1.25. The van der Waals surface area contributed by atoms with Crippen LogP contribution in [0.3, 0.4) is 0 Å². The second kappa shape index (κ2) is 36.5. The first-order chi connectivity index (χ1) is 5.41. The Labute approximate surface area is 146 Å². The molecule has 2 heteroatoms. The van der Waals surface area contributed by atoms with E-state index >= 15 is 0 Å². The van der Waals surface area contributed by atoms with Gasteiger partial charge in [0.2, 0.25) is 0 Å². The van der Waals surface area contributed by atoms with E-state index in [1.54, 1.807) is 0 Å². The number of benzene rings is 1. The van der Waals surface area contributed by atoms with E-state index in [1.165, 1.54) is 6.42 Å². The van der Waals surface area contributed by atoms with E-state index in [1.807, 2.05) is 44.2 Å². The van der Waals surface area contributed by atoms with E-state index in [0.717, 1.165) is 0 Å². The van der Waals surface area contributed by atoms with E-state index in [4.69, 9.17) is 0 Å². The molecule has 1 aromatic rings. The van der Waals surface area contributed by atoms with Gasteiger partial charge in [-0.05, 0) is 0 Å². The van der Waals surface area contributed by atoms with Crippen molar-refractivity contribution in [3.8, 4) is 0 Å². The van der Waals surface area contributed by atoms with Crippen LogP contribution in [0.2, 0.25) is 0 Å². The molecule has 0 N–H and O–H groups in total. The Morgan fingerprint density at radius 2 is 1.21 bits per heavy atom. The minimum absolute atomic E-state index is 0. The summed E-state index contributed by atoms with van der Waals surface area (Å²) in [5.41, 5.74) is 0. The fraction of sp³-hybridized carbons (Fsp3) is 0.500. The molecular weight excluding hydrogens is 273 g/mol. The average Bonchev–Trinajstić information content (AvgIpc) is 2.12. The third-order valence-corrected chi connectivity index (χ3v) is 0.607. The quantitative estimate of drug-likeness (QED) is 0.616. The van der Waals surface area contributed by atoms with E-state index in [0.29, 0.717) is 0 Å². The van der Waals surface area contributed by atoms with Crippen molar-refractivity contribution < 1.29 is 70.4 Å². The van der Waals surface area contributed by atoms with Gasteiger partial charge in [-0.2, -0.15) is 36.4 Å². The Kier molecular flexibility index (Phi) is 77.2. The normalized spacial score (nSPS) is 5.14. The van der Waals surface area contributed by atoms with Crippen LogP contribution in [0.15, 0.2) is 30.3 Å². The summed E-state index contributed by atoms with van der Waals surface area (Å²) in [6.45, 7) is 8.25. The zero-order chi connectivity index (χ0) is 8.95. The molecule has 0 nitrogen and oxygen atoms in total. The van der Waals surface area contributed by atoms with Gasteiger partial charge in [0, 0.05) is 70.4 Å². The monoisotopic (exact) mass is 296 g/mol. The predicted molar refractivity (Wildman–Crippen MR) is 59.3 cm³/mol. The second-order valence-corrected chi connectivity index (χ2v) is 1.78. The molecule has 1 rings (SSSR count). The minimum Gasteiger partial charge on any atom is -0.184 e. The van der Waals surface area contributed by atoms with Crippen LogP contribution >= 0.6 is 0 Å². The molecule has 83 valence electrons. The zero-order valence-corrected chi connectivity index (χ0v) is 12.6. The van der Waals surface area contributed by atoms with Crippen molar-refractivity contribution in [2.24, 2.45) is 0 Å². The topological polar surface area (TPSA) is 0 Å². The number of rotatable bonds is 0. The van der Waals surface area contributed by atoms with Gasteiger partial charge in [0.05, 0.1) is 0 Å². The molecule has 0 unspecified atom stereocenters. The van der Waals surface area contributed by atoms with Crippen LogP contribution in [-0.4, -0.2) is 0 Å². The standard InChI is InChI=1S/C6H5.C3H8.C2H6.CH4.Ar.Y/c1-2-4-6-5-3-1;1-3-2;1-2;;;/h1-5H;3H2,1-2H3;1-2H3;1H4;;/q-1;;;;;. The molecule has 0 atom stereocenters. The third kappa shape index (κ3) is 37.4. The van der Waals surface area contributed by atoms with Gasteiger partial charge in [-0.15, -0.1) is 0 Å². The van der Waals surface area contributed by atoms with Crippen molar-refractivity contribution in [3.63, 3.8) is 0 Å². The summed E-state index contributed by atoms with van der Waals surface area (Å²) in [4.78, 5) is 0. The fourth-order valence-corrected chi connectivity index (χ4v) is 0.342. The second-order valence-electron chi connectivity index (χ2n) is 1.78. The van der Waals surface area contributed by atoms with Crippen molar-refractivity contribution in [1.29, 1.82) is 0 Å². The molecule has 0 heterocycles. The first-order valence-corrected chi connectivity index (χ1v) is 4.32. The van der Waals surface area contributed by atoms with Gasteiger partial charge < -0.3 is 0 Å². The Morgan fingerprint density at radius 3 is 1.29 bits per heavy atom. The van der Waals surface area contributed by atoms with Gasteiger partial charge in [0.25, 0.3) is 0 Å². The summed E-state index contributed by atoms with van der Waals surface area (Å²) >= 11 is 0. The first-order valence-electron chi connectivity index (χ1n) is 4.32. The number of hydrogen-bond donors (Lipinski definition) is 0. The maximum Gasteiger partial charge on any atom is 0 e. The fourth-order valence-electron chi connectivity index (χ4n) is 0.342. The van der Waals surface area contributed by atoms with Gasteiger partial charge in [-0.3, -0.25) is 0 Å². The molecule has 0 amide bonds. The van der Waals surface area contributed by atoms with Gasteiger partial charge in [-0.1, -0.05) is 41.5 Å². The van der Waals surface area contributed by atoms with Gasteiger partial charge in [0.1, 0.15) is 0 Å². The maximum atomic E-state index is 2.89. The van der Waals surface area contributed by atoms with Crippen LogP contribution in [0.4, 0.5) is 0 Å². The van der Waals surface area contributed by atoms with Crippen LogP contribution in [0, 0.1) is 43.8 Å². The van der Waals surface area contributed by atoms with Crippen molar-refractivity contribution in [1.82, 2.24) is 0 Å². The van der Waals surface area contributed by atoms with Crippen molar-refractivity contribution in [2.75, 3.05) is 0 Å². The summed E-state index contributed by atoms with van der Waals surface area (Å²) in [6, 6.07) is 12.5. The average molecular weight is 296 g/mol. The summed E-state index contributed by atoms with van der Waals surface area (Å²) in [5, 5.41) is 0. The molecule has 0 spiro atoms. The predicted octanol–water partition coefficient (Wildman–Crippen LogP) is 4.56. The van der Waals surface area contributed by atoms with E-state index in [-0.39, 0.29) is 77.9 Å². The molecule has 1 radical (unpaired) electrons. The summed E-state index contributed by atoms with van der Waals surface area (Å²) in [5.74, 6) is 0. The Morgan fingerprint density at radius 1 is 0.929 bits per heavy atom. The van der Waals surface area contributed by atoms with Gasteiger partial charge >= 0.3 is 0 Å². The van der Waals surface area contributed by atoms with Crippen molar-refractivity contribution in [3.05, 3.63) is 36.4 Å². The third-order valence-electron chi connectivity index (χ3n) is 0.607. The van der Waals surface area contributed by atoms with Gasteiger partial charge in [-0.25, -0.2) is 0 Å². The molecule has 0 aliphatic rings. The van der Waals surface area contributed by atoms with E-state index in [9.17, 15) is 0 Å². The van der Waals surface area contributed by atoms with Crippen molar-refractivity contribution >= 4 is 0 Å². The largest absolute Gasteiger partial charge is 0.184 e. The van der Waals surface area contributed by atoms with Gasteiger partial charge in [0.15, 0.2) is 0 Å². The van der Waals surface area contributed by atoms with Crippen LogP contribution in [0.1, 0.15) is 41.5 Å². The Bertz CT molecular complexity index is 93.2. The molecule has 0 fully saturated rings. The van der Waals surface area contributed by atoms with Crippen LogP contribution in [0.25, 0.3) is 0 Å². The molecule has 1 aromatic carbocycles. The molecule has 0 saturated carbocycles. The first kappa shape index (κ1) is 29.6. The van der Waals surface area contributed by atoms with Crippen molar-refractivity contribution in [2.45, 2.75) is 41.5 Å². The maximum absolute atomic E-state index is 2.89. The SMILES string of the molecule is C.CC.CCC.[Ar].[Y].[c-]1ccccc1. The van der Waals surface area contributed by atoms with Crippen LogP contribution < -0.4 is 0 Å². The molecule has 0 aromatic heterocycles. The summed E-state index contributed by atoms with van der Waals surface area (Å²) < 4.78 is 0. The van der Waals surface area contributed by atoms with E-state index < -0.39 is 0 Å². The zero-order valence-electron chi connectivity index (χ0n) is 9.02. The Balaban J connectivity index is -0.0000000305. The number of hydrogen-bond acceptors (Lipinski definition) is 0. The molecule has 0 aliphatic heterocycles.